The van der Waals surface area contributed by atoms with E-state index in [4.69, 9.17) is 9.47 Å². The molecule has 6 nitrogen and oxygen atoms in total. The number of ether oxygens (including phenoxy) is 2. The first-order valence-corrected chi connectivity index (χ1v) is 9.27. The van der Waals surface area contributed by atoms with Crippen LogP contribution >= 0.6 is 0 Å². The first-order valence-electron chi connectivity index (χ1n) is 9.27. The van der Waals surface area contributed by atoms with Crippen LogP contribution in [0.3, 0.4) is 0 Å². The van der Waals surface area contributed by atoms with Gasteiger partial charge in [0.25, 0.3) is 0 Å². The molecular formula is C20H25N3O3. The van der Waals surface area contributed by atoms with Gasteiger partial charge >= 0.3 is 0 Å². The third kappa shape index (κ3) is 3.21. The number of fused-ring (bicyclic) bond motifs is 2. The van der Waals surface area contributed by atoms with Crippen molar-refractivity contribution in [3.8, 4) is 5.75 Å². The number of aromatic nitrogens is 2. The predicted octanol–water partition coefficient (Wildman–Crippen LogP) is 2.44. The summed E-state index contributed by atoms with van der Waals surface area (Å²) in [6.07, 6.45) is 7.51. The second-order valence-electron chi connectivity index (χ2n) is 7.10. The zero-order valence-electron chi connectivity index (χ0n) is 15.2. The highest BCUT2D eigenvalue weighted by Gasteiger charge is 2.41. The summed E-state index contributed by atoms with van der Waals surface area (Å²) < 4.78 is 11.6. The predicted molar refractivity (Wildman–Crippen MR) is 97.1 cm³/mol. The fraction of sp³-hybridized carbons (Fsp3) is 0.500. The van der Waals surface area contributed by atoms with Gasteiger partial charge in [-0.3, -0.25) is 9.89 Å². The Labute approximate surface area is 153 Å². The van der Waals surface area contributed by atoms with Crippen molar-refractivity contribution in [1.82, 2.24) is 15.1 Å². The Morgan fingerprint density at radius 3 is 2.96 bits per heavy atom. The van der Waals surface area contributed by atoms with Crippen LogP contribution in [0.4, 0.5) is 0 Å². The lowest BCUT2D eigenvalue weighted by atomic mass is 9.79. The van der Waals surface area contributed by atoms with Gasteiger partial charge < -0.3 is 14.4 Å². The average molecular weight is 355 g/mol. The molecule has 2 aliphatic rings. The van der Waals surface area contributed by atoms with Crippen LogP contribution in [0.15, 0.2) is 30.6 Å². The summed E-state index contributed by atoms with van der Waals surface area (Å²) in [7, 11) is 1.70. The van der Waals surface area contributed by atoms with Crippen molar-refractivity contribution in [3.63, 3.8) is 0 Å². The number of piperidine rings is 1. The van der Waals surface area contributed by atoms with Crippen molar-refractivity contribution in [2.24, 2.45) is 0 Å². The summed E-state index contributed by atoms with van der Waals surface area (Å²) in [5.41, 5.74) is 3.41. The van der Waals surface area contributed by atoms with E-state index in [9.17, 15) is 4.79 Å². The van der Waals surface area contributed by atoms with Crippen molar-refractivity contribution in [3.05, 3.63) is 47.3 Å². The number of methoxy groups -OCH3 is 1. The van der Waals surface area contributed by atoms with Crippen molar-refractivity contribution in [2.45, 2.75) is 37.7 Å². The SMILES string of the molecule is COc1ccc2c(c1)CCOC21CCN(C(=O)CCc2cn[nH]c2)CC1. The molecule has 1 fully saturated rings. The number of carbonyl (C=O) groups excluding carboxylic acids is 1. The minimum atomic E-state index is -0.249. The van der Waals surface area contributed by atoms with Crippen LogP contribution in [-0.4, -0.2) is 47.8 Å². The van der Waals surface area contributed by atoms with Gasteiger partial charge in [0, 0.05) is 25.7 Å². The fourth-order valence-electron chi connectivity index (χ4n) is 4.14. The molecule has 138 valence electrons. The molecular weight excluding hydrogens is 330 g/mol. The molecule has 4 rings (SSSR count). The van der Waals surface area contributed by atoms with E-state index >= 15 is 0 Å². The lowest BCUT2D eigenvalue weighted by molar-refractivity contribution is -0.140. The van der Waals surface area contributed by atoms with E-state index in [0.29, 0.717) is 6.42 Å². The second kappa shape index (κ2) is 7.11. The summed E-state index contributed by atoms with van der Waals surface area (Å²) in [4.78, 5) is 14.5. The molecule has 1 aromatic heterocycles. The Morgan fingerprint density at radius 2 is 2.23 bits per heavy atom. The van der Waals surface area contributed by atoms with E-state index < -0.39 is 0 Å². The van der Waals surface area contributed by atoms with Gasteiger partial charge in [-0.15, -0.1) is 0 Å². The van der Waals surface area contributed by atoms with Gasteiger partial charge in [0.05, 0.1) is 25.5 Å². The normalized spacial score (nSPS) is 18.6. The minimum Gasteiger partial charge on any atom is -0.497 e. The number of nitrogens with zero attached hydrogens (tertiary/aromatic N) is 2. The maximum atomic E-state index is 12.5. The molecule has 1 N–H and O–H groups in total. The van der Waals surface area contributed by atoms with Crippen molar-refractivity contribution >= 4 is 5.91 Å². The summed E-state index contributed by atoms with van der Waals surface area (Å²) in [5.74, 6) is 1.11. The van der Waals surface area contributed by atoms with E-state index in [0.717, 1.165) is 56.7 Å². The standard InChI is InChI=1S/C20H25N3O3/c1-25-17-3-4-18-16(12-17)6-11-26-20(18)7-9-23(10-8-20)19(24)5-2-15-13-21-22-14-15/h3-4,12-14H,2,5-11H2,1H3,(H,21,22). The number of H-pyrrole nitrogens is 1. The number of hydrogen-bond donors (Lipinski definition) is 1. The first kappa shape index (κ1) is 17.1. The summed E-state index contributed by atoms with van der Waals surface area (Å²) >= 11 is 0. The van der Waals surface area contributed by atoms with Gasteiger partial charge in [-0.1, -0.05) is 6.07 Å². The maximum Gasteiger partial charge on any atom is 0.222 e. The molecule has 2 aromatic rings. The lowest BCUT2D eigenvalue weighted by Gasteiger charge is -2.45. The minimum absolute atomic E-state index is 0.215. The number of rotatable bonds is 4. The van der Waals surface area contributed by atoms with E-state index in [2.05, 4.69) is 22.3 Å². The third-order valence-electron chi connectivity index (χ3n) is 5.66. The molecule has 0 aliphatic carbocycles. The number of nitrogens with one attached hydrogen (secondary N) is 1. The topological polar surface area (TPSA) is 67.5 Å². The lowest BCUT2D eigenvalue weighted by Crippen LogP contribution is -2.48. The molecule has 1 spiro atoms. The van der Waals surface area contributed by atoms with Crippen molar-refractivity contribution < 1.29 is 14.3 Å². The Hall–Kier alpha value is -2.34. The molecule has 0 saturated carbocycles. The van der Waals surface area contributed by atoms with Crippen LogP contribution in [-0.2, 0) is 28.0 Å². The quantitative estimate of drug-likeness (QED) is 0.915. The number of carbonyl (C=O) groups is 1. The molecule has 0 bridgehead atoms. The number of hydrogen-bond acceptors (Lipinski definition) is 4. The van der Waals surface area contributed by atoms with Gasteiger partial charge in [-0.05, 0) is 54.5 Å². The van der Waals surface area contributed by atoms with Gasteiger partial charge in [-0.25, -0.2) is 0 Å². The Bertz CT molecular complexity index is 765. The van der Waals surface area contributed by atoms with Gasteiger partial charge in [0.2, 0.25) is 5.91 Å². The molecule has 0 radical (unpaired) electrons. The number of amides is 1. The van der Waals surface area contributed by atoms with Crippen molar-refractivity contribution in [1.29, 1.82) is 0 Å². The molecule has 26 heavy (non-hydrogen) atoms. The van der Waals surface area contributed by atoms with Crippen LogP contribution in [0.2, 0.25) is 0 Å². The van der Waals surface area contributed by atoms with Gasteiger partial charge in [0.15, 0.2) is 0 Å². The van der Waals surface area contributed by atoms with Crippen LogP contribution in [0.25, 0.3) is 0 Å². The summed E-state index contributed by atoms with van der Waals surface area (Å²) in [5, 5.41) is 6.72. The highest BCUT2D eigenvalue weighted by molar-refractivity contribution is 5.76. The second-order valence-corrected chi connectivity index (χ2v) is 7.10. The van der Waals surface area contributed by atoms with Gasteiger partial charge in [0.1, 0.15) is 5.75 Å². The molecule has 3 heterocycles. The number of likely N-dealkylation sites (tertiary alicyclic amines) is 1. The van der Waals surface area contributed by atoms with E-state index in [1.807, 2.05) is 17.2 Å². The molecule has 1 aromatic carbocycles. The highest BCUT2D eigenvalue weighted by atomic mass is 16.5. The van der Waals surface area contributed by atoms with Crippen molar-refractivity contribution in [2.75, 3.05) is 26.8 Å². The van der Waals surface area contributed by atoms with Crippen LogP contribution in [0, 0.1) is 0 Å². The zero-order valence-corrected chi connectivity index (χ0v) is 15.2. The molecule has 1 saturated heterocycles. The smallest absolute Gasteiger partial charge is 0.222 e. The Kier molecular flexibility index (Phi) is 4.68. The third-order valence-corrected chi connectivity index (χ3v) is 5.66. The molecule has 1 amide bonds. The fourth-order valence-corrected chi connectivity index (χ4v) is 4.14. The summed E-state index contributed by atoms with van der Waals surface area (Å²) in [6.45, 7) is 2.22. The van der Waals surface area contributed by atoms with E-state index in [-0.39, 0.29) is 11.5 Å². The molecule has 2 aliphatic heterocycles. The van der Waals surface area contributed by atoms with Crippen LogP contribution < -0.4 is 4.74 Å². The maximum absolute atomic E-state index is 12.5. The molecule has 0 atom stereocenters. The van der Waals surface area contributed by atoms with Crippen LogP contribution in [0.5, 0.6) is 5.75 Å². The van der Waals surface area contributed by atoms with E-state index in [1.54, 1.807) is 13.3 Å². The molecule has 0 unspecified atom stereocenters. The van der Waals surface area contributed by atoms with E-state index in [1.165, 1.54) is 11.1 Å². The Morgan fingerprint density at radius 1 is 1.38 bits per heavy atom. The Balaban J connectivity index is 1.41. The number of benzene rings is 1. The number of aromatic amines is 1. The first-order chi connectivity index (χ1) is 12.7. The summed E-state index contributed by atoms with van der Waals surface area (Å²) in [6, 6.07) is 6.28. The highest BCUT2D eigenvalue weighted by Crippen LogP contribution is 2.42. The monoisotopic (exact) mass is 355 g/mol. The zero-order chi connectivity index (χ0) is 18.0. The van der Waals surface area contributed by atoms with Gasteiger partial charge in [-0.2, -0.15) is 5.10 Å². The molecule has 6 heteroatoms. The number of aryl methyl sites for hydroxylation is 1. The average Bonchev–Trinajstić information content (AvgIpc) is 3.20. The van der Waals surface area contributed by atoms with Crippen LogP contribution in [0.1, 0.15) is 36.0 Å². The largest absolute Gasteiger partial charge is 0.497 e.